The van der Waals surface area contributed by atoms with Crippen molar-refractivity contribution in [2.75, 3.05) is 36.5 Å². The molecule has 1 saturated heterocycles. The smallest absolute Gasteiger partial charge is 0.326 e. The number of aliphatic carboxylic acids is 1. The maximum absolute atomic E-state index is 11.3. The second-order valence-corrected chi connectivity index (χ2v) is 5.02. The summed E-state index contributed by atoms with van der Waals surface area (Å²) < 4.78 is 5.30. The van der Waals surface area contributed by atoms with Gasteiger partial charge in [0, 0.05) is 19.3 Å². The number of morpholine rings is 1. The highest BCUT2D eigenvalue weighted by atomic mass is 16.5. The average Bonchev–Trinajstić information content (AvgIpc) is 2.52. The molecule has 1 atom stereocenters. The van der Waals surface area contributed by atoms with Crippen molar-refractivity contribution in [1.82, 2.24) is 9.97 Å². The van der Waals surface area contributed by atoms with E-state index in [2.05, 4.69) is 15.3 Å². The van der Waals surface area contributed by atoms with Crippen LogP contribution in [0.3, 0.4) is 0 Å². The number of carboxylic acid groups (broad SMARTS) is 1. The molecule has 2 N–H and O–H groups in total. The molecule has 0 aliphatic carbocycles. The number of rotatable bonds is 7. The molecule has 7 nitrogen and oxygen atoms in total. The van der Waals surface area contributed by atoms with Crippen molar-refractivity contribution in [1.29, 1.82) is 0 Å². The maximum atomic E-state index is 11.3. The Morgan fingerprint density at radius 1 is 1.52 bits per heavy atom. The van der Waals surface area contributed by atoms with Crippen molar-refractivity contribution in [3.8, 4) is 0 Å². The average molecular weight is 294 g/mol. The summed E-state index contributed by atoms with van der Waals surface area (Å²) in [5, 5.41) is 12.2. The minimum absolute atomic E-state index is 0.551. The van der Waals surface area contributed by atoms with Gasteiger partial charge in [-0.05, 0) is 12.5 Å². The Labute approximate surface area is 124 Å². The Bertz CT molecular complexity index is 463. The molecular formula is C14H22N4O3. The van der Waals surface area contributed by atoms with E-state index in [9.17, 15) is 9.90 Å². The van der Waals surface area contributed by atoms with Crippen LogP contribution in [0.25, 0.3) is 0 Å². The quantitative estimate of drug-likeness (QED) is 0.785. The SMILES string of the molecule is CCCCC(Nc1ccnc(N2CCOCC2)n1)C(=O)O. The summed E-state index contributed by atoms with van der Waals surface area (Å²) in [5.41, 5.74) is 0. The lowest BCUT2D eigenvalue weighted by molar-refractivity contribution is -0.138. The van der Waals surface area contributed by atoms with Crippen LogP contribution < -0.4 is 10.2 Å². The van der Waals surface area contributed by atoms with Crippen molar-refractivity contribution >= 4 is 17.7 Å². The Hall–Kier alpha value is -1.89. The van der Waals surface area contributed by atoms with Crippen LogP contribution in [0.2, 0.25) is 0 Å². The van der Waals surface area contributed by atoms with Gasteiger partial charge in [-0.15, -0.1) is 0 Å². The van der Waals surface area contributed by atoms with Crippen LogP contribution in [0, 0.1) is 0 Å². The number of nitrogens with zero attached hydrogens (tertiary/aromatic N) is 3. The molecule has 0 amide bonds. The van der Waals surface area contributed by atoms with Crippen molar-refractivity contribution in [2.24, 2.45) is 0 Å². The van der Waals surface area contributed by atoms with Gasteiger partial charge in [-0.1, -0.05) is 19.8 Å². The first-order valence-electron chi connectivity index (χ1n) is 7.35. The monoisotopic (exact) mass is 294 g/mol. The lowest BCUT2D eigenvalue weighted by Gasteiger charge is -2.27. The standard InChI is InChI=1S/C14H22N4O3/c1-2-3-4-11(13(19)20)16-12-5-6-15-14(17-12)18-7-9-21-10-8-18/h5-6,11H,2-4,7-10H2,1H3,(H,19,20)(H,15,16,17). The fourth-order valence-electron chi connectivity index (χ4n) is 2.19. The van der Waals surface area contributed by atoms with E-state index in [1.807, 2.05) is 11.8 Å². The van der Waals surface area contributed by atoms with Gasteiger partial charge in [0.25, 0.3) is 0 Å². The zero-order chi connectivity index (χ0) is 15.1. The summed E-state index contributed by atoms with van der Waals surface area (Å²) in [4.78, 5) is 22.0. The van der Waals surface area contributed by atoms with E-state index >= 15 is 0 Å². The molecule has 0 radical (unpaired) electrons. The van der Waals surface area contributed by atoms with Crippen LogP contribution in [0.5, 0.6) is 0 Å². The first kappa shape index (κ1) is 15.5. The van der Waals surface area contributed by atoms with Crippen LogP contribution in [0.15, 0.2) is 12.3 Å². The Morgan fingerprint density at radius 3 is 2.95 bits per heavy atom. The third-order valence-electron chi connectivity index (χ3n) is 3.40. The van der Waals surface area contributed by atoms with E-state index in [0.29, 0.717) is 31.4 Å². The maximum Gasteiger partial charge on any atom is 0.326 e. The minimum atomic E-state index is -0.852. The van der Waals surface area contributed by atoms with Gasteiger partial charge in [0.05, 0.1) is 13.2 Å². The molecular weight excluding hydrogens is 272 g/mol. The summed E-state index contributed by atoms with van der Waals surface area (Å²) in [6, 6.07) is 1.09. The topological polar surface area (TPSA) is 87.6 Å². The van der Waals surface area contributed by atoms with Gasteiger partial charge in [-0.3, -0.25) is 0 Å². The second kappa shape index (κ2) is 7.78. The van der Waals surface area contributed by atoms with Crippen LogP contribution >= 0.6 is 0 Å². The highest BCUT2D eigenvalue weighted by Crippen LogP contribution is 2.14. The van der Waals surface area contributed by atoms with Gasteiger partial charge >= 0.3 is 5.97 Å². The van der Waals surface area contributed by atoms with E-state index in [4.69, 9.17) is 4.74 Å². The first-order valence-corrected chi connectivity index (χ1v) is 7.35. The molecule has 2 heterocycles. The zero-order valence-electron chi connectivity index (χ0n) is 12.3. The molecule has 21 heavy (non-hydrogen) atoms. The minimum Gasteiger partial charge on any atom is -0.480 e. The zero-order valence-corrected chi connectivity index (χ0v) is 12.3. The third-order valence-corrected chi connectivity index (χ3v) is 3.40. The third kappa shape index (κ3) is 4.56. The largest absolute Gasteiger partial charge is 0.480 e. The number of hydrogen-bond donors (Lipinski definition) is 2. The number of unbranched alkanes of at least 4 members (excludes halogenated alkanes) is 1. The van der Waals surface area contributed by atoms with Gasteiger partial charge in [0.2, 0.25) is 5.95 Å². The number of ether oxygens (including phenoxy) is 1. The van der Waals surface area contributed by atoms with Gasteiger partial charge in [-0.25, -0.2) is 9.78 Å². The molecule has 2 rings (SSSR count). The molecule has 1 unspecified atom stereocenters. The second-order valence-electron chi connectivity index (χ2n) is 5.02. The molecule has 1 aromatic rings. The number of hydrogen-bond acceptors (Lipinski definition) is 6. The number of aromatic nitrogens is 2. The van der Waals surface area contributed by atoms with Crippen LogP contribution in [-0.4, -0.2) is 53.4 Å². The van der Waals surface area contributed by atoms with E-state index in [1.165, 1.54) is 0 Å². The fourth-order valence-corrected chi connectivity index (χ4v) is 2.19. The normalized spacial score (nSPS) is 16.5. The van der Waals surface area contributed by atoms with Gasteiger partial charge < -0.3 is 20.1 Å². The Morgan fingerprint density at radius 2 is 2.29 bits per heavy atom. The number of carbonyl (C=O) groups is 1. The van der Waals surface area contributed by atoms with Crippen molar-refractivity contribution < 1.29 is 14.6 Å². The van der Waals surface area contributed by atoms with Crippen LogP contribution in [-0.2, 0) is 9.53 Å². The molecule has 0 saturated carbocycles. The lowest BCUT2D eigenvalue weighted by atomic mass is 10.1. The van der Waals surface area contributed by atoms with Crippen LogP contribution in [0.1, 0.15) is 26.2 Å². The van der Waals surface area contributed by atoms with E-state index < -0.39 is 12.0 Å². The first-order chi connectivity index (χ1) is 10.2. The number of nitrogens with one attached hydrogen (secondary N) is 1. The molecule has 1 aliphatic heterocycles. The number of carboxylic acids is 1. The highest BCUT2D eigenvalue weighted by Gasteiger charge is 2.18. The van der Waals surface area contributed by atoms with E-state index in [0.717, 1.165) is 25.9 Å². The Balaban J connectivity index is 2.03. The summed E-state index contributed by atoms with van der Waals surface area (Å²) >= 11 is 0. The van der Waals surface area contributed by atoms with Gasteiger partial charge in [0.1, 0.15) is 11.9 Å². The van der Waals surface area contributed by atoms with Gasteiger partial charge in [0.15, 0.2) is 0 Å². The predicted octanol–water partition coefficient (Wildman–Crippen LogP) is 1.37. The van der Waals surface area contributed by atoms with Crippen molar-refractivity contribution in [2.45, 2.75) is 32.2 Å². The Kier molecular flexibility index (Phi) is 5.74. The molecule has 1 fully saturated rings. The highest BCUT2D eigenvalue weighted by molar-refractivity contribution is 5.76. The van der Waals surface area contributed by atoms with E-state index in [-0.39, 0.29) is 0 Å². The summed E-state index contributed by atoms with van der Waals surface area (Å²) in [5.74, 6) is 0.313. The van der Waals surface area contributed by atoms with Crippen LogP contribution in [0.4, 0.5) is 11.8 Å². The molecule has 7 heteroatoms. The predicted molar refractivity (Wildman–Crippen MR) is 79.6 cm³/mol. The summed E-state index contributed by atoms with van der Waals surface area (Å²) in [7, 11) is 0. The van der Waals surface area contributed by atoms with Crippen molar-refractivity contribution in [3.63, 3.8) is 0 Å². The molecule has 0 bridgehead atoms. The molecule has 0 spiro atoms. The molecule has 1 aromatic heterocycles. The summed E-state index contributed by atoms with van der Waals surface area (Å²) in [6.07, 6.45) is 4.07. The van der Waals surface area contributed by atoms with Gasteiger partial charge in [-0.2, -0.15) is 4.98 Å². The fraction of sp³-hybridized carbons (Fsp3) is 0.643. The summed E-state index contributed by atoms with van der Waals surface area (Å²) in [6.45, 7) is 4.87. The number of anilines is 2. The lowest BCUT2D eigenvalue weighted by Crippen LogP contribution is -2.37. The van der Waals surface area contributed by atoms with Crippen molar-refractivity contribution in [3.05, 3.63) is 12.3 Å². The molecule has 0 aromatic carbocycles. The van der Waals surface area contributed by atoms with E-state index in [1.54, 1.807) is 12.3 Å². The molecule has 1 aliphatic rings. The molecule has 116 valence electrons.